The molecule has 0 aromatic heterocycles. The summed E-state index contributed by atoms with van der Waals surface area (Å²) in [6, 6.07) is 3.46. The van der Waals surface area contributed by atoms with E-state index in [1.807, 2.05) is 12.1 Å². The summed E-state index contributed by atoms with van der Waals surface area (Å²) in [5.74, 6) is 0. The van der Waals surface area contributed by atoms with E-state index in [1.165, 1.54) is 0 Å². The van der Waals surface area contributed by atoms with E-state index in [4.69, 9.17) is 5.73 Å². The SMILES string of the molecule is BC(CCC(C)(C)CC)(C(C)N)C(C#N)(C#N)P=O. The quantitative estimate of drug-likeness (QED) is 0.572. The molecule has 0 heterocycles. The lowest BCUT2D eigenvalue weighted by atomic mass is 9.53. The Balaban J connectivity index is 5.47. The molecule has 0 aliphatic rings. The molecule has 0 saturated carbocycles. The molecule has 2 N–H and O–H groups in total. The van der Waals surface area contributed by atoms with Gasteiger partial charge in [0, 0.05) is 6.04 Å². The van der Waals surface area contributed by atoms with Crippen LogP contribution >= 0.6 is 8.46 Å². The fourth-order valence-corrected chi connectivity index (χ4v) is 2.54. The van der Waals surface area contributed by atoms with Gasteiger partial charge in [-0.15, -0.1) is 0 Å². The van der Waals surface area contributed by atoms with Gasteiger partial charge >= 0.3 is 0 Å². The molecule has 0 aliphatic carbocycles. The second kappa shape index (κ2) is 6.51. The van der Waals surface area contributed by atoms with Gasteiger partial charge in [0.2, 0.25) is 5.16 Å². The topological polar surface area (TPSA) is 90.7 Å². The van der Waals surface area contributed by atoms with Crippen molar-refractivity contribution in [2.24, 2.45) is 11.1 Å². The van der Waals surface area contributed by atoms with Gasteiger partial charge in [-0.1, -0.05) is 34.1 Å². The van der Waals surface area contributed by atoms with Gasteiger partial charge in [0.25, 0.3) is 0 Å². The summed E-state index contributed by atoms with van der Waals surface area (Å²) < 4.78 is 11.4. The van der Waals surface area contributed by atoms with Crippen LogP contribution in [0.15, 0.2) is 0 Å². The molecule has 0 bridgehead atoms. The van der Waals surface area contributed by atoms with Gasteiger partial charge in [0.1, 0.15) is 7.85 Å². The molecule has 6 heteroatoms. The Kier molecular flexibility index (Phi) is 6.20. The smallest absolute Gasteiger partial charge is 0.222 e. The zero-order valence-electron chi connectivity index (χ0n) is 12.5. The summed E-state index contributed by atoms with van der Waals surface area (Å²) in [6.45, 7) is 8.17. The normalized spacial score (nSPS) is 17.2. The van der Waals surface area contributed by atoms with Crippen molar-refractivity contribution < 1.29 is 4.57 Å². The lowest BCUT2D eigenvalue weighted by Gasteiger charge is -2.41. The molecule has 0 rings (SSSR count). The monoisotopic (exact) mass is 279 g/mol. The highest BCUT2D eigenvalue weighted by Crippen LogP contribution is 2.51. The van der Waals surface area contributed by atoms with E-state index in [9.17, 15) is 15.1 Å². The number of hydrogen-bond donors (Lipinski definition) is 1. The average molecular weight is 279 g/mol. The first-order valence-corrected chi connectivity index (χ1v) is 7.38. The zero-order chi connectivity index (χ0) is 15.3. The minimum atomic E-state index is -1.58. The highest BCUT2D eigenvalue weighted by atomic mass is 31.1. The molecule has 0 saturated heterocycles. The summed E-state index contributed by atoms with van der Waals surface area (Å²) in [7, 11) is 1.32. The van der Waals surface area contributed by atoms with E-state index in [0.29, 0.717) is 6.42 Å². The molecule has 0 amide bonds. The van der Waals surface area contributed by atoms with Crippen molar-refractivity contribution in [2.45, 2.75) is 63.5 Å². The molecule has 0 aromatic rings. The first-order valence-electron chi connectivity index (χ1n) is 6.57. The molecule has 4 nitrogen and oxygen atoms in total. The Bertz CT molecular complexity index is 397. The molecule has 104 valence electrons. The van der Waals surface area contributed by atoms with E-state index >= 15 is 0 Å². The lowest BCUT2D eigenvalue weighted by molar-refractivity contribution is 0.271. The molecule has 0 aromatic carbocycles. The number of nitrogens with zero attached hydrogens (tertiary/aromatic N) is 2. The number of nitrogens with two attached hydrogens (primary N) is 1. The van der Waals surface area contributed by atoms with Crippen LogP contribution in [-0.2, 0) is 4.57 Å². The van der Waals surface area contributed by atoms with Crippen LogP contribution in [0.3, 0.4) is 0 Å². The summed E-state index contributed by atoms with van der Waals surface area (Å²) >= 11 is 0. The van der Waals surface area contributed by atoms with Gasteiger partial charge in [-0.05, 0) is 23.6 Å². The van der Waals surface area contributed by atoms with E-state index < -0.39 is 18.9 Å². The van der Waals surface area contributed by atoms with Gasteiger partial charge in [0.05, 0.1) is 12.1 Å². The van der Waals surface area contributed by atoms with Crippen molar-refractivity contribution in [1.82, 2.24) is 0 Å². The van der Waals surface area contributed by atoms with Crippen molar-refractivity contribution in [1.29, 1.82) is 10.5 Å². The predicted molar refractivity (Wildman–Crippen MR) is 79.8 cm³/mol. The fraction of sp³-hybridized carbons (Fsp3) is 0.846. The van der Waals surface area contributed by atoms with Crippen molar-refractivity contribution in [3.63, 3.8) is 0 Å². The molecule has 0 radical (unpaired) electrons. The van der Waals surface area contributed by atoms with E-state index in [2.05, 4.69) is 20.8 Å². The highest BCUT2D eigenvalue weighted by Gasteiger charge is 2.53. The van der Waals surface area contributed by atoms with E-state index in [1.54, 1.807) is 14.8 Å². The Hall–Kier alpha value is -0.895. The third-order valence-electron chi connectivity index (χ3n) is 4.57. The number of hydrogen-bond acceptors (Lipinski definition) is 4. The van der Waals surface area contributed by atoms with Crippen molar-refractivity contribution in [3.05, 3.63) is 0 Å². The van der Waals surface area contributed by atoms with Crippen LogP contribution < -0.4 is 5.73 Å². The second-order valence-corrected chi connectivity index (χ2v) is 7.10. The first kappa shape index (κ1) is 18.1. The van der Waals surface area contributed by atoms with Gasteiger partial charge in [-0.25, -0.2) is 0 Å². The fourth-order valence-electron chi connectivity index (χ4n) is 1.94. The molecule has 19 heavy (non-hydrogen) atoms. The van der Waals surface area contributed by atoms with Crippen LogP contribution in [-0.4, -0.2) is 19.0 Å². The summed E-state index contributed by atoms with van der Waals surface area (Å²) in [5.41, 5.74) is 6.13. The molecular formula is C13H23BN3OP. The largest absolute Gasteiger partial charge is 0.328 e. The van der Waals surface area contributed by atoms with Crippen LogP contribution in [0.25, 0.3) is 0 Å². The maximum Gasteiger partial charge on any atom is 0.222 e. The predicted octanol–water partition coefficient (Wildman–Crippen LogP) is 2.42. The molecule has 0 aliphatic heterocycles. The minimum absolute atomic E-state index is 0.118. The van der Waals surface area contributed by atoms with Gasteiger partial charge < -0.3 is 5.73 Å². The van der Waals surface area contributed by atoms with Crippen LogP contribution in [0.5, 0.6) is 0 Å². The van der Waals surface area contributed by atoms with Crippen LogP contribution in [0.2, 0.25) is 5.31 Å². The maximum absolute atomic E-state index is 11.4. The average Bonchev–Trinajstić information content (AvgIpc) is 2.39. The Morgan fingerprint density at radius 1 is 1.32 bits per heavy atom. The van der Waals surface area contributed by atoms with E-state index in [0.717, 1.165) is 12.8 Å². The van der Waals surface area contributed by atoms with Crippen molar-refractivity contribution >= 4 is 16.3 Å². The number of rotatable bonds is 7. The molecule has 0 fully saturated rings. The molecular weight excluding hydrogens is 256 g/mol. The third-order valence-corrected chi connectivity index (χ3v) is 5.55. The van der Waals surface area contributed by atoms with E-state index in [-0.39, 0.29) is 11.5 Å². The second-order valence-electron chi connectivity index (χ2n) is 6.25. The zero-order valence-corrected chi connectivity index (χ0v) is 13.4. The third kappa shape index (κ3) is 3.56. The van der Waals surface area contributed by atoms with Crippen LogP contribution in [0, 0.1) is 28.1 Å². The van der Waals surface area contributed by atoms with Crippen molar-refractivity contribution in [3.8, 4) is 12.1 Å². The van der Waals surface area contributed by atoms with Crippen LogP contribution in [0.1, 0.15) is 47.0 Å². The standard InChI is InChI=1S/C13H23BN3OP/c1-5-11(3,4)6-7-13(14,10(2)17)12(8-15,9-16)19-18/h10H,5-7,14,17H2,1-4H3. The first-order chi connectivity index (χ1) is 8.64. The highest BCUT2D eigenvalue weighted by molar-refractivity contribution is 7.27. The summed E-state index contributed by atoms with van der Waals surface area (Å²) in [4.78, 5) is 0. The van der Waals surface area contributed by atoms with Crippen LogP contribution in [0.4, 0.5) is 0 Å². The van der Waals surface area contributed by atoms with Crippen molar-refractivity contribution in [2.75, 3.05) is 0 Å². The Morgan fingerprint density at radius 3 is 2.05 bits per heavy atom. The molecule has 2 unspecified atom stereocenters. The molecule has 0 spiro atoms. The summed E-state index contributed by atoms with van der Waals surface area (Å²) in [6.07, 6.45) is 2.44. The minimum Gasteiger partial charge on any atom is -0.328 e. The number of nitriles is 2. The maximum atomic E-state index is 11.4. The lowest BCUT2D eigenvalue weighted by Crippen LogP contribution is -2.48. The summed E-state index contributed by atoms with van der Waals surface area (Å²) in [5, 5.41) is 16.2. The Labute approximate surface area is 119 Å². The van der Waals surface area contributed by atoms with Gasteiger partial charge in [-0.2, -0.15) is 10.5 Å². The Morgan fingerprint density at radius 2 is 1.79 bits per heavy atom. The van der Waals surface area contributed by atoms with Gasteiger partial charge in [0.15, 0.2) is 8.46 Å². The van der Waals surface area contributed by atoms with Gasteiger partial charge in [-0.3, -0.25) is 4.57 Å². The molecule has 2 atom stereocenters.